The summed E-state index contributed by atoms with van der Waals surface area (Å²) in [5.74, 6) is 3.25. The Labute approximate surface area is 193 Å². The number of hydrogen-bond donors (Lipinski definition) is 0. The van der Waals surface area contributed by atoms with E-state index in [-0.39, 0.29) is 14.6 Å². The Morgan fingerprint density at radius 3 is 2.32 bits per heavy atom. The van der Waals surface area contributed by atoms with Crippen LogP contribution in [0.2, 0.25) is 18.1 Å². The van der Waals surface area contributed by atoms with Crippen LogP contribution in [-0.4, -0.2) is 15.4 Å². The predicted octanol–water partition coefficient (Wildman–Crippen LogP) is 8.57. The number of halogens is 1. The van der Waals surface area contributed by atoms with Crippen molar-refractivity contribution in [1.29, 1.82) is 0 Å². The van der Waals surface area contributed by atoms with Crippen LogP contribution in [-0.2, 0) is 6.42 Å². The molecule has 0 aromatic heterocycles. The first-order valence-electron chi connectivity index (χ1n) is 13.6. The Bertz CT molecular complexity index is 617. The summed E-state index contributed by atoms with van der Waals surface area (Å²) in [6.07, 6.45) is 18.3. The fourth-order valence-electron chi connectivity index (χ4n) is 6.31. The summed E-state index contributed by atoms with van der Waals surface area (Å²) in [4.78, 5) is 0. The maximum absolute atomic E-state index is 14.0. The van der Waals surface area contributed by atoms with E-state index in [0.29, 0.717) is 12.4 Å². The van der Waals surface area contributed by atoms with Gasteiger partial charge in [-0.05, 0) is 68.1 Å². The number of hydrogen-bond acceptors (Lipinski definition) is 1. The lowest BCUT2D eigenvalue weighted by Crippen LogP contribution is -2.28. The number of benzene rings is 1. The highest BCUT2D eigenvalue weighted by molar-refractivity contribution is 6.58. The fourth-order valence-corrected chi connectivity index (χ4v) is 9.85. The molecule has 2 aliphatic rings. The Balaban J connectivity index is 1.27. The lowest BCUT2D eigenvalue weighted by atomic mass is 9.73. The maximum Gasteiger partial charge on any atom is 0.165 e. The van der Waals surface area contributed by atoms with E-state index in [9.17, 15) is 4.39 Å². The molecule has 1 aliphatic heterocycles. The quantitative estimate of drug-likeness (QED) is 0.231. The first kappa shape index (κ1) is 24.8. The molecule has 3 heteroatoms. The van der Waals surface area contributed by atoms with Crippen LogP contribution in [0.4, 0.5) is 4.39 Å². The zero-order valence-corrected chi connectivity index (χ0v) is 21.5. The Kier molecular flexibility index (Phi) is 10.9. The van der Waals surface area contributed by atoms with E-state index in [2.05, 4.69) is 6.92 Å². The van der Waals surface area contributed by atoms with Gasteiger partial charge in [0.15, 0.2) is 11.6 Å². The molecule has 1 aliphatic carbocycles. The zero-order valence-electron chi connectivity index (χ0n) is 20.3. The van der Waals surface area contributed by atoms with Crippen LogP contribution in [0.25, 0.3) is 0 Å². The molecule has 1 saturated heterocycles. The molecule has 1 aromatic rings. The van der Waals surface area contributed by atoms with Crippen LogP contribution in [0.15, 0.2) is 18.2 Å². The normalized spacial score (nSPS) is 26.7. The first-order chi connectivity index (χ1) is 15.2. The van der Waals surface area contributed by atoms with E-state index in [1.807, 2.05) is 13.0 Å². The van der Waals surface area contributed by atoms with Crippen molar-refractivity contribution < 1.29 is 9.13 Å². The SMILES string of the molecule is CCCCC[SiH]1CCC([C@H]2CC[C@H](CCCCc3ccc(OCC)c(F)c3)CC2)CC1. The minimum absolute atomic E-state index is 0.213. The highest BCUT2D eigenvalue weighted by Crippen LogP contribution is 2.42. The van der Waals surface area contributed by atoms with E-state index >= 15 is 0 Å². The molecule has 0 N–H and O–H groups in total. The Morgan fingerprint density at radius 1 is 0.903 bits per heavy atom. The van der Waals surface area contributed by atoms with Crippen LogP contribution in [0.1, 0.15) is 96.5 Å². The van der Waals surface area contributed by atoms with Crippen molar-refractivity contribution in [3.05, 3.63) is 29.6 Å². The summed E-state index contributed by atoms with van der Waals surface area (Å²) in [5, 5.41) is 0. The third-order valence-corrected chi connectivity index (χ3v) is 11.8. The van der Waals surface area contributed by atoms with Gasteiger partial charge < -0.3 is 4.74 Å². The molecule has 0 unspecified atom stereocenters. The Morgan fingerprint density at radius 2 is 1.65 bits per heavy atom. The van der Waals surface area contributed by atoms with E-state index in [1.54, 1.807) is 43.1 Å². The monoisotopic (exact) mass is 446 g/mol. The van der Waals surface area contributed by atoms with E-state index in [4.69, 9.17) is 4.74 Å². The largest absolute Gasteiger partial charge is 0.491 e. The van der Waals surface area contributed by atoms with Crippen LogP contribution in [0.3, 0.4) is 0 Å². The molecule has 3 rings (SSSR count). The van der Waals surface area contributed by atoms with Crippen LogP contribution in [0.5, 0.6) is 5.75 Å². The molecule has 0 atom stereocenters. The van der Waals surface area contributed by atoms with E-state index < -0.39 is 0 Å². The second kappa shape index (κ2) is 13.7. The minimum Gasteiger partial charge on any atom is -0.491 e. The highest BCUT2D eigenvalue weighted by atomic mass is 28.3. The van der Waals surface area contributed by atoms with Crippen LogP contribution >= 0.6 is 0 Å². The highest BCUT2D eigenvalue weighted by Gasteiger charge is 2.30. The lowest BCUT2D eigenvalue weighted by Gasteiger charge is -2.37. The minimum atomic E-state index is -0.349. The van der Waals surface area contributed by atoms with Gasteiger partial charge in [0, 0.05) is 8.80 Å². The second-order valence-corrected chi connectivity index (χ2v) is 14.0. The van der Waals surface area contributed by atoms with Gasteiger partial charge in [0.1, 0.15) is 0 Å². The van der Waals surface area contributed by atoms with Crippen molar-refractivity contribution in [3.8, 4) is 5.75 Å². The molecule has 1 aromatic carbocycles. The number of aryl methyl sites for hydroxylation is 1. The molecule has 2 fully saturated rings. The van der Waals surface area contributed by atoms with Gasteiger partial charge in [0.2, 0.25) is 0 Å². The van der Waals surface area contributed by atoms with Gasteiger partial charge in [-0.2, -0.15) is 0 Å². The lowest BCUT2D eigenvalue weighted by molar-refractivity contribution is 0.184. The van der Waals surface area contributed by atoms with Gasteiger partial charge in [-0.3, -0.25) is 0 Å². The standard InChI is InChI=1S/C28H47FOSi/c1-3-5-8-19-31-20-17-26(18-21-31)25-14-11-23(12-15-25)9-6-7-10-24-13-16-28(30-4-2)27(29)22-24/h13,16,22-23,25-26,31H,3-12,14-15,17-21H2,1-2H3/t23-,25-,26?,31?. The molecule has 0 radical (unpaired) electrons. The molecule has 0 spiro atoms. The zero-order chi connectivity index (χ0) is 21.9. The van der Waals surface area contributed by atoms with E-state index in [0.717, 1.165) is 29.7 Å². The van der Waals surface area contributed by atoms with Crippen molar-refractivity contribution in [3.63, 3.8) is 0 Å². The second-order valence-electron chi connectivity index (χ2n) is 10.5. The molecule has 1 saturated carbocycles. The summed E-state index contributed by atoms with van der Waals surface area (Å²) in [7, 11) is -0.349. The number of rotatable bonds is 12. The van der Waals surface area contributed by atoms with Gasteiger partial charge in [-0.25, -0.2) is 4.39 Å². The summed E-state index contributed by atoms with van der Waals surface area (Å²) in [6, 6.07) is 10.4. The molecule has 31 heavy (non-hydrogen) atoms. The average Bonchev–Trinajstić information content (AvgIpc) is 2.80. The van der Waals surface area contributed by atoms with Gasteiger partial charge in [-0.15, -0.1) is 0 Å². The molecule has 1 nitrogen and oxygen atoms in total. The first-order valence-corrected chi connectivity index (χ1v) is 16.1. The third-order valence-electron chi connectivity index (χ3n) is 8.29. The smallest absolute Gasteiger partial charge is 0.165 e. The fraction of sp³-hybridized carbons (Fsp3) is 0.786. The molecule has 176 valence electrons. The van der Waals surface area contributed by atoms with Gasteiger partial charge in [-0.1, -0.05) is 88.9 Å². The molecule has 0 bridgehead atoms. The number of unbranched alkanes of at least 4 members (excludes halogenated alkanes) is 3. The predicted molar refractivity (Wildman–Crippen MR) is 134 cm³/mol. The van der Waals surface area contributed by atoms with Crippen molar-refractivity contribution in [2.45, 2.75) is 115 Å². The Hall–Kier alpha value is -0.833. The number of ether oxygens (including phenoxy) is 1. The van der Waals surface area contributed by atoms with Crippen LogP contribution in [0, 0.1) is 23.6 Å². The topological polar surface area (TPSA) is 9.23 Å². The maximum atomic E-state index is 14.0. The van der Waals surface area contributed by atoms with Crippen molar-refractivity contribution in [2.24, 2.45) is 17.8 Å². The molecule has 1 heterocycles. The van der Waals surface area contributed by atoms with Gasteiger partial charge >= 0.3 is 0 Å². The van der Waals surface area contributed by atoms with Crippen molar-refractivity contribution in [1.82, 2.24) is 0 Å². The summed E-state index contributed by atoms with van der Waals surface area (Å²) in [5.41, 5.74) is 1.11. The summed E-state index contributed by atoms with van der Waals surface area (Å²) in [6.45, 7) is 4.74. The molecular weight excluding hydrogens is 399 g/mol. The van der Waals surface area contributed by atoms with Crippen LogP contribution < -0.4 is 4.74 Å². The average molecular weight is 447 g/mol. The van der Waals surface area contributed by atoms with E-state index in [1.165, 1.54) is 64.2 Å². The third kappa shape index (κ3) is 8.22. The molecular formula is C28H47FOSi. The summed E-state index contributed by atoms with van der Waals surface area (Å²) >= 11 is 0. The van der Waals surface area contributed by atoms with Gasteiger partial charge in [0.25, 0.3) is 0 Å². The van der Waals surface area contributed by atoms with Crippen molar-refractivity contribution >= 4 is 8.80 Å². The van der Waals surface area contributed by atoms with Gasteiger partial charge in [0.05, 0.1) is 6.61 Å². The summed E-state index contributed by atoms with van der Waals surface area (Å²) < 4.78 is 19.3. The molecule has 0 amide bonds. The van der Waals surface area contributed by atoms with Crippen molar-refractivity contribution in [2.75, 3.05) is 6.61 Å².